The van der Waals surface area contributed by atoms with Gasteiger partial charge >= 0.3 is 0 Å². The normalized spacial score (nSPS) is 16.5. The average molecular weight is 385 g/mol. The number of nitriles is 1. The fourth-order valence-electron chi connectivity index (χ4n) is 3.94. The topological polar surface area (TPSA) is 61.9 Å². The summed E-state index contributed by atoms with van der Waals surface area (Å²) in [7, 11) is 0. The van der Waals surface area contributed by atoms with Crippen LogP contribution in [-0.2, 0) is 17.8 Å². The molecule has 0 bridgehead atoms. The summed E-state index contributed by atoms with van der Waals surface area (Å²) in [6.07, 6.45) is 3.64. The molecule has 1 aromatic carbocycles. The number of carbonyl (C=O) groups excluding carboxylic acids is 1. The summed E-state index contributed by atoms with van der Waals surface area (Å²) in [5.74, 6) is 0.191. The van der Waals surface area contributed by atoms with Crippen LogP contribution in [0.15, 0.2) is 24.3 Å². The molecular formula is C21H25ClN4O. The van der Waals surface area contributed by atoms with Crippen molar-refractivity contribution < 1.29 is 4.79 Å². The van der Waals surface area contributed by atoms with Crippen molar-refractivity contribution in [3.63, 3.8) is 0 Å². The quantitative estimate of drug-likeness (QED) is 0.743. The summed E-state index contributed by atoms with van der Waals surface area (Å²) < 4.78 is 1.88. The van der Waals surface area contributed by atoms with Crippen molar-refractivity contribution >= 4 is 17.5 Å². The first-order valence-electron chi connectivity index (χ1n) is 9.46. The van der Waals surface area contributed by atoms with Crippen molar-refractivity contribution in [3.05, 3.63) is 51.8 Å². The van der Waals surface area contributed by atoms with Gasteiger partial charge in [0.25, 0.3) is 0 Å². The van der Waals surface area contributed by atoms with Gasteiger partial charge in [-0.2, -0.15) is 10.4 Å². The van der Waals surface area contributed by atoms with E-state index in [1.807, 2.05) is 47.7 Å². The minimum atomic E-state index is 0.148. The van der Waals surface area contributed by atoms with E-state index in [2.05, 4.69) is 11.2 Å². The Morgan fingerprint density at radius 3 is 2.78 bits per heavy atom. The molecule has 3 rings (SSSR count). The van der Waals surface area contributed by atoms with Crippen LogP contribution in [-0.4, -0.2) is 27.1 Å². The van der Waals surface area contributed by atoms with Crippen LogP contribution in [0.2, 0.25) is 5.02 Å². The van der Waals surface area contributed by atoms with Crippen LogP contribution in [0.25, 0.3) is 0 Å². The molecule has 2 aromatic rings. The number of amides is 1. The summed E-state index contributed by atoms with van der Waals surface area (Å²) >= 11 is 5.99. The average Bonchev–Trinajstić information content (AvgIpc) is 3.24. The van der Waals surface area contributed by atoms with E-state index in [1.54, 1.807) is 0 Å². The van der Waals surface area contributed by atoms with Gasteiger partial charge in [-0.05, 0) is 56.4 Å². The van der Waals surface area contributed by atoms with Gasteiger partial charge in [0.1, 0.15) is 0 Å². The van der Waals surface area contributed by atoms with Gasteiger partial charge in [-0.3, -0.25) is 9.48 Å². The highest BCUT2D eigenvalue weighted by Gasteiger charge is 2.29. The number of hydrogen-bond donors (Lipinski definition) is 0. The van der Waals surface area contributed by atoms with Crippen LogP contribution >= 0.6 is 11.6 Å². The molecule has 0 aliphatic carbocycles. The fourth-order valence-corrected chi connectivity index (χ4v) is 4.07. The molecule has 0 spiro atoms. The molecule has 5 nitrogen and oxygen atoms in total. The molecule has 142 valence electrons. The Balaban J connectivity index is 1.66. The number of benzene rings is 1. The summed E-state index contributed by atoms with van der Waals surface area (Å²) in [4.78, 5) is 14.9. The number of hydrogen-bond acceptors (Lipinski definition) is 3. The number of nitrogens with zero attached hydrogens (tertiary/aromatic N) is 4. The Morgan fingerprint density at radius 1 is 1.33 bits per heavy atom. The number of carbonyl (C=O) groups is 1. The van der Waals surface area contributed by atoms with Gasteiger partial charge in [0.05, 0.1) is 30.8 Å². The van der Waals surface area contributed by atoms with E-state index in [1.165, 1.54) is 0 Å². The third-order valence-electron chi connectivity index (χ3n) is 5.38. The Labute approximate surface area is 165 Å². The molecule has 27 heavy (non-hydrogen) atoms. The summed E-state index contributed by atoms with van der Waals surface area (Å²) in [5.41, 5.74) is 4.30. The molecule has 0 saturated carbocycles. The van der Waals surface area contributed by atoms with Crippen LogP contribution in [0.5, 0.6) is 0 Å². The molecule has 2 heterocycles. The minimum absolute atomic E-state index is 0.148. The lowest BCUT2D eigenvalue weighted by molar-refractivity contribution is -0.132. The van der Waals surface area contributed by atoms with Gasteiger partial charge in [-0.25, -0.2) is 0 Å². The molecule has 6 heteroatoms. The zero-order valence-corrected chi connectivity index (χ0v) is 16.7. The monoisotopic (exact) mass is 384 g/mol. The van der Waals surface area contributed by atoms with E-state index in [9.17, 15) is 4.79 Å². The zero-order valence-electron chi connectivity index (χ0n) is 15.9. The minimum Gasteiger partial charge on any atom is -0.336 e. The van der Waals surface area contributed by atoms with Crippen molar-refractivity contribution in [3.8, 4) is 6.07 Å². The number of rotatable bonds is 6. The number of halogens is 1. The molecule has 1 aliphatic heterocycles. The highest BCUT2D eigenvalue weighted by molar-refractivity contribution is 6.30. The lowest BCUT2D eigenvalue weighted by atomic mass is 10.0. The first-order valence-corrected chi connectivity index (χ1v) is 9.84. The molecule has 1 fully saturated rings. The van der Waals surface area contributed by atoms with Gasteiger partial charge in [0, 0.05) is 23.7 Å². The lowest BCUT2D eigenvalue weighted by Crippen LogP contribution is -2.30. The third kappa shape index (κ3) is 4.33. The van der Waals surface area contributed by atoms with Gasteiger partial charge in [-0.15, -0.1) is 0 Å². The third-order valence-corrected chi connectivity index (χ3v) is 5.64. The second kappa shape index (κ2) is 8.58. The smallest absolute Gasteiger partial charge is 0.223 e. The molecule has 1 aromatic heterocycles. The predicted molar refractivity (Wildman–Crippen MR) is 105 cm³/mol. The number of aromatic nitrogens is 2. The van der Waals surface area contributed by atoms with Crippen LogP contribution < -0.4 is 0 Å². The van der Waals surface area contributed by atoms with Gasteiger partial charge < -0.3 is 4.90 Å². The molecule has 0 N–H and O–H groups in total. The van der Waals surface area contributed by atoms with Crippen molar-refractivity contribution in [2.24, 2.45) is 0 Å². The maximum absolute atomic E-state index is 12.9. The van der Waals surface area contributed by atoms with Crippen LogP contribution in [0.1, 0.15) is 54.2 Å². The summed E-state index contributed by atoms with van der Waals surface area (Å²) in [6, 6.07) is 10.1. The standard InChI is InChI=1S/C21H25ClN4O/c1-15-19(16(2)26(24-15)14-4-12-23)10-11-21(27)25-13-3-5-20(25)17-6-8-18(22)9-7-17/h6-9,20H,3-5,10-11,13-14H2,1-2H3. The summed E-state index contributed by atoms with van der Waals surface area (Å²) in [5, 5.41) is 14.0. The molecular weight excluding hydrogens is 360 g/mol. The molecule has 1 aliphatic rings. The lowest BCUT2D eigenvalue weighted by Gasteiger charge is -2.25. The highest BCUT2D eigenvalue weighted by atomic mass is 35.5. The Bertz CT molecular complexity index is 850. The fraction of sp³-hybridized carbons (Fsp3) is 0.476. The Hall–Kier alpha value is -2.32. The summed E-state index contributed by atoms with van der Waals surface area (Å²) in [6.45, 7) is 5.40. The van der Waals surface area contributed by atoms with Crippen LogP contribution in [0.4, 0.5) is 0 Å². The van der Waals surface area contributed by atoms with Gasteiger partial charge in [0.2, 0.25) is 5.91 Å². The van der Waals surface area contributed by atoms with Crippen molar-refractivity contribution in [2.75, 3.05) is 6.54 Å². The van der Waals surface area contributed by atoms with Crippen LogP contribution in [0.3, 0.4) is 0 Å². The van der Waals surface area contributed by atoms with Crippen molar-refractivity contribution in [2.45, 2.75) is 58.5 Å². The highest BCUT2D eigenvalue weighted by Crippen LogP contribution is 2.33. The molecule has 1 unspecified atom stereocenters. The maximum atomic E-state index is 12.9. The molecule has 1 atom stereocenters. The molecule has 1 saturated heterocycles. The van der Waals surface area contributed by atoms with E-state index in [4.69, 9.17) is 16.9 Å². The number of aryl methyl sites for hydroxylation is 2. The van der Waals surface area contributed by atoms with Crippen molar-refractivity contribution in [1.29, 1.82) is 5.26 Å². The van der Waals surface area contributed by atoms with Gasteiger partial charge in [0.15, 0.2) is 0 Å². The largest absolute Gasteiger partial charge is 0.336 e. The van der Waals surface area contributed by atoms with E-state index >= 15 is 0 Å². The SMILES string of the molecule is Cc1nn(CCC#N)c(C)c1CCC(=O)N1CCCC1c1ccc(Cl)cc1. The Morgan fingerprint density at radius 2 is 2.07 bits per heavy atom. The zero-order chi connectivity index (χ0) is 19.4. The van der Waals surface area contributed by atoms with E-state index < -0.39 is 0 Å². The van der Waals surface area contributed by atoms with Crippen molar-refractivity contribution in [1.82, 2.24) is 14.7 Å². The van der Waals surface area contributed by atoms with E-state index in [0.29, 0.717) is 30.8 Å². The predicted octanol–water partition coefficient (Wildman–Crippen LogP) is 4.36. The van der Waals surface area contributed by atoms with Gasteiger partial charge in [-0.1, -0.05) is 23.7 Å². The number of likely N-dealkylation sites (tertiary alicyclic amines) is 1. The first kappa shape index (κ1) is 19.4. The van der Waals surface area contributed by atoms with E-state index in [0.717, 1.165) is 41.9 Å². The molecule has 1 amide bonds. The second-order valence-corrected chi connectivity index (χ2v) is 7.51. The molecule has 0 radical (unpaired) electrons. The van der Waals surface area contributed by atoms with E-state index in [-0.39, 0.29) is 11.9 Å². The maximum Gasteiger partial charge on any atom is 0.223 e. The first-order chi connectivity index (χ1) is 13.0. The Kier molecular flexibility index (Phi) is 6.18. The second-order valence-electron chi connectivity index (χ2n) is 7.08. The van der Waals surface area contributed by atoms with Crippen LogP contribution in [0, 0.1) is 25.2 Å².